The van der Waals surface area contributed by atoms with Gasteiger partial charge in [-0.05, 0) is 74.7 Å². The van der Waals surface area contributed by atoms with Gasteiger partial charge in [0.2, 0.25) is 5.95 Å². The maximum absolute atomic E-state index is 4.72. The molecule has 3 aromatic rings. The highest BCUT2D eigenvalue weighted by atomic mass is 15.3. The minimum absolute atomic E-state index is 0.589. The Balaban J connectivity index is 1.25. The highest BCUT2D eigenvalue weighted by Crippen LogP contribution is 2.36. The summed E-state index contributed by atoms with van der Waals surface area (Å²) in [6.45, 7) is 9.86. The summed E-state index contributed by atoms with van der Waals surface area (Å²) in [6.07, 6.45) is 6.06. The summed E-state index contributed by atoms with van der Waals surface area (Å²) >= 11 is 0. The monoisotopic (exact) mass is 457 g/mol. The maximum Gasteiger partial charge on any atom is 0.227 e. The van der Waals surface area contributed by atoms with Crippen LogP contribution in [-0.2, 0) is 0 Å². The lowest BCUT2D eigenvalue weighted by Crippen LogP contribution is -2.44. The summed E-state index contributed by atoms with van der Waals surface area (Å²) in [4.78, 5) is 18.8. The summed E-state index contributed by atoms with van der Waals surface area (Å²) < 4.78 is 0. The van der Waals surface area contributed by atoms with E-state index in [-0.39, 0.29) is 0 Å². The lowest BCUT2D eigenvalue weighted by Gasteiger charge is -2.34. The molecule has 0 saturated carbocycles. The number of pyridine rings is 1. The van der Waals surface area contributed by atoms with Gasteiger partial charge < -0.3 is 15.5 Å². The van der Waals surface area contributed by atoms with Crippen molar-refractivity contribution in [2.45, 2.75) is 45.7 Å². The molecule has 0 amide bonds. The molecule has 2 N–H and O–H groups in total. The number of anilines is 4. The summed E-state index contributed by atoms with van der Waals surface area (Å²) in [5.74, 6) is 2.16. The van der Waals surface area contributed by atoms with Crippen LogP contribution in [0.4, 0.5) is 23.1 Å². The fourth-order valence-electron chi connectivity index (χ4n) is 5.06. The molecule has 2 aliphatic heterocycles. The minimum atomic E-state index is 0.589. The second kappa shape index (κ2) is 9.58. The van der Waals surface area contributed by atoms with Crippen molar-refractivity contribution in [2.24, 2.45) is 5.92 Å². The number of hydrogen-bond donors (Lipinski definition) is 2. The Morgan fingerprint density at radius 1 is 1.06 bits per heavy atom. The van der Waals surface area contributed by atoms with E-state index in [1.165, 1.54) is 17.7 Å². The predicted octanol–water partition coefficient (Wildman–Crippen LogP) is 4.94. The second-order valence-corrected chi connectivity index (χ2v) is 10.1. The summed E-state index contributed by atoms with van der Waals surface area (Å²) in [5.41, 5.74) is 5.45. The van der Waals surface area contributed by atoms with Gasteiger partial charge in [-0.3, -0.25) is 4.90 Å². The fourth-order valence-corrected chi connectivity index (χ4v) is 5.06. The van der Waals surface area contributed by atoms with Crippen LogP contribution in [0.3, 0.4) is 0 Å². The number of rotatable bonds is 8. The van der Waals surface area contributed by atoms with Gasteiger partial charge >= 0.3 is 0 Å². The third kappa shape index (κ3) is 4.85. The summed E-state index contributed by atoms with van der Waals surface area (Å²) in [7, 11) is 2.24. The van der Waals surface area contributed by atoms with Crippen molar-refractivity contribution in [3.8, 4) is 11.3 Å². The molecule has 2 unspecified atom stereocenters. The van der Waals surface area contributed by atoms with Crippen LogP contribution in [0.1, 0.15) is 32.3 Å². The minimum Gasteiger partial charge on any atom is -0.370 e. The zero-order chi connectivity index (χ0) is 23.7. The number of nitrogens with zero attached hydrogens (tertiary/aromatic N) is 5. The molecular formula is C27H35N7. The van der Waals surface area contributed by atoms with Crippen molar-refractivity contribution in [1.82, 2.24) is 19.9 Å². The average molecular weight is 458 g/mol. The number of aromatic nitrogens is 3. The molecule has 0 aliphatic carbocycles. The van der Waals surface area contributed by atoms with Gasteiger partial charge in [0.15, 0.2) is 0 Å². The zero-order valence-electron chi connectivity index (χ0n) is 20.6. The quantitative estimate of drug-likeness (QED) is 0.496. The number of hydrogen-bond acceptors (Lipinski definition) is 7. The van der Waals surface area contributed by atoms with Gasteiger partial charge in [-0.15, -0.1) is 0 Å². The van der Waals surface area contributed by atoms with E-state index in [2.05, 4.69) is 82.5 Å². The van der Waals surface area contributed by atoms with Crippen molar-refractivity contribution < 1.29 is 0 Å². The van der Waals surface area contributed by atoms with Crippen molar-refractivity contribution >= 4 is 23.1 Å². The fraction of sp³-hybridized carbons (Fsp3) is 0.444. The second-order valence-electron chi connectivity index (χ2n) is 10.1. The van der Waals surface area contributed by atoms with Crippen LogP contribution in [0.2, 0.25) is 0 Å². The lowest BCUT2D eigenvalue weighted by atomic mass is 10.1. The van der Waals surface area contributed by atoms with E-state index in [0.717, 1.165) is 48.8 Å². The molecule has 2 aromatic heterocycles. The van der Waals surface area contributed by atoms with Crippen LogP contribution in [0.5, 0.6) is 0 Å². The molecule has 7 nitrogen and oxygen atoms in total. The van der Waals surface area contributed by atoms with Crippen LogP contribution in [0.25, 0.3) is 11.3 Å². The lowest BCUT2D eigenvalue weighted by molar-refractivity contribution is 0.292. The maximum atomic E-state index is 4.72. The van der Waals surface area contributed by atoms with E-state index < -0.39 is 0 Å². The zero-order valence-corrected chi connectivity index (χ0v) is 20.6. The Morgan fingerprint density at radius 2 is 1.94 bits per heavy atom. The molecule has 0 spiro atoms. The van der Waals surface area contributed by atoms with Crippen LogP contribution in [0.15, 0.2) is 48.8 Å². The van der Waals surface area contributed by atoms with E-state index >= 15 is 0 Å². The predicted molar refractivity (Wildman–Crippen MR) is 140 cm³/mol. The first-order valence-electron chi connectivity index (χ1n) is 12.3. The molecule has 7 heteroatoms. The van der Waals surface area contributed by atoms with Gasteiger partial charge in [-0.2, -0.15) is 0 Å². The Labute approximate surface area is 202 Å². The molecule has 178 valence electrons. The largest absolute Gasteiger partial charge is 0.370 e. The third-order valence-corrected chi connectivity index (χ3v) is 7.02. The van der Waals surface area contributed by atoms with E-state index in [4.69, 9.17) is 4.98 Å². The number of fused-ring (bicyclic) bond motifs is 2. The van der Waals surface area contributed by atoms with Crippen LogP contribution in [0, 0.1) is 12.8 Å². The number of aryl methyl sites for hydroxylation is 1. The average Bonchev–Trinajstić information content (AvgIpc) is 3.39. The number of benzene rings is 1. The van der Waals surface area contributed by atoms with Crippen molar-refractivity contribution in [2.75, 3.05) is 42.2 Å². The van der Waals surface area contributed by atoms with Gasteiger partial charge in [0.25, 0.3) is 0 Å². The highest BCUT2D eigenvalue weighted by Gasteiger charge is 2.41. The Kier molecular flexibility index (Phi) is 6.37. The molecule has 4 heterocycles. The van der Waals surface area contributed by atoms with E-state index in [1.54, 1.807) is 6.20 Å². The smallest absolute Gasteiger partial charge is 0.227 e. The molecule has 2 fully saturated rings. The summed E-state index contributed by atoms with van der Waals surface area (Å²) in [6, 6.07) is 13.9. The molecule has 1 aromatic carbocycles. The number of nitrogens with one attached hydrogen (secondary N) is 2. The topological polar surface area (TPSA) is 69.2 Å². The molecule has 2 aliphatic rings. The first-order valence-corrected chi connectivity index (χ1v) is 12.3. The first-order chi connectivity index (χ1) is 16.5. The normalized spacial score (nSPS) is 19.7. The van der Waals surface area contributed by atoms with Crippen LogP contribution in [-0.4, -0.2) is 58.6 Å². The Bertz CT molecular complexity index is 1130. The Hall–Kier alpha value is -3.19. The van der Waals surface area contributed by atoms with E-state index in [0.29, 0.717) is 23.9 Å². The van der Waals surface area contributed by atoms with Gasteiger partial charge in [-0.1, -0.05) is 13.8 Å². The first kappa shape index (κ1) is 22.6. The molecule has 34 heavy (non-hydrogen) atoms. The molecule has 5 rings (SSSR count). The van der Waals surface area contributed by atoms with Crippen LogP contribution >= 0.6 is 0 Å². The summed E-state index contributed by atoms with van der Waals surface area (Å²) in [5, 5.41) is 6.76. The van der Waals surface area contributed by atoms with Crippen molar-refractivity contribution in [3.05, 3.63) is 54.4 Å². The van der Waals surface area contributed by atoms with Crippen molar-refractivity contribution in [1.29, 1.82) is 0 Å². The molecule has 2 saturated heterocycles. The van der Waals surface area contributed by atoms with Gasteiger partial charge in [0, 0.05) is 61.0 Å². The molecule has 2 atom stereocenters. The third-order valence-electron chi connectivity index (χ3n) is 7.02. The molecule has 2 bridgehead atoms. The number of likely N-dealkylation sites (N-methyl/N-ethyl adjacent to an activating group) is 1. The Morgan fingerprint density at radius 3 is 2.62 bits per heavy atom. The number of piperazine rings is 1. The van der Waals surface area contributed by atoms with Crippen LogP contribution < -0.4 is 15.5 Å². The van der Waals surface area contributed by atoms with E-state index in [9.17, 15) is 0 Å². The standard InChI is InChI=1S/C27H35N7/c1-18(2)9-11-28-26-8-5-20(15-30-26)24-10-12-29-27(32-24)31-21-6-7-25(19(3)13-21)34-17-22-14-23(34)16-33(22)4/h5-8,10,12-13,15,18,22-23H,9,11,14,16-17H2,1-4H3,(H,28,30)(H,29,31,32). The van der Waals surface area contributed by atoms with Gasteiger partial charge in [0.05, 0.1) is 5.69 Å². The SMILES string of the molecule is Cc1cc(Nc2nccc(-c3ccc(NCCC(C)C)nc3)n2)ccc1N1CC2CC1CN2C. The molecular weight excluding hydrogens is 422 g/mol. The number of likely N-dealkylation sites (tertiary alicyclic amines) is 1. The molecule has 0 radical (unpaired) electrons. The van der Waals surface area contributed by atoms with E-state index in [1.807, 2.05) is 18.3 Å². The highest BCUT2D eigenvalue weighted by molar-refractivity contribution is 5.66. The van der Waals surface area contributed by atoms with Crippen molar-refractivity contribution in [3.63, 3.8) is 0 Å². The van der Waals surface area contributed by atoms with Gasteiger partial charge in [-0.25, -0.2) is 15.0 Å². The van der Waals surface area contributed by atoms with Gasteiger partial charge in [0.1, 0.15) is 5.82 Å².